The first-order chi connectivity index (χ1) is 26.6. The van der Waals surface area contributed by atoms with Crippen molar-refractivity contribution in [1.29, 1.82) is 0 Å². The highest BCUT2D eigenvalue weighted by Crippen LogP contribution is 2.16. The van der Waals surface area contributed by atoms with E-state index in [9.17, 15) is 9.59 Å². The van der Waals surface area contributed by atoms with Gasteiger partial charge in [0.2, 0.25) is 0 Å². The molecule has 1 atom stereocenters. The maximum absolute atomic E-state index is 12.6. The number of carbonyl (C=O) groups excluding carboxylic acids is 2. The molecule has 0 aromatic heterocycles. The second kappa shape index (κ2) is 46.3. The topological polar surface area (TPSA) is 61.8 Å². The molecule has 0 spiro atoms. The standard InChI is InChI=1S/C49H96O5/c1-4-7-10-13-16-18-20-22-24-25-26-27-29-31-34-36-39-42-48(50)53-46-47(54-49(51)43-40-37-33-15-12-9-6-3)45-52-44-41-38-35-32-30-28-23-21-19-17-14-11-8-5-2/h47H,4-46H2,1-3H3. The van der Waals surface area contributed by atoms with Crippen LogP contribution in [-0.2, 0) is 23.8 Å². The number of carbonyl (C=O) groups is 2. The van der Waals surface area contributed by atoms with E-state index >= 15 is 0 Å². The highest BCUT2D eigenvalue weighted by molar-refractivity contribution is 5.70. The molecular formula is C49H96O5. The lowest BCUT2D eigenvalue weighted by molar-refractivity contribution is -0.163. The molecular weight excluding hydrogens is 669 g/mol. The summed E-state index contributed by atoms with van der Waals surface area (Å²) < 4.78 is 17.3. The lowest BCUT2D eigenvalue weighted by atomic mass is 10.0. The molecule has 0 aliphatic rings. The van der Waals surface area contributed by atoms with Crippen molar-refractivity contribution in [2.45, 2.75) is 284 Å². The van der Waals surface area contributed by atoms with E-state index in [1.807, 2.05) is 0 Å². The third kappa shape index (κ3) is 43.6. The van der Waals surface area contributed by atoms with Gasteiger partial charge in [-0.15, -0.1) is 0 Å². The van der Waals surface area contributed by atoms with Crippen LogP contribution in [0.2, 0.25) is 0 Å². The zero-order valence-corrected chi connectivity index (χ0v) is 37.0. The summed E-state index contributed by atoms with van der Waals surface area (Å²) in [6, 6.07) is 0. The Bertz CT molecular complexity index is 740. The van der Waals surface area contributed by atoms with E-state index in [1.165, 1.54) is 212 Å². The van der Waals surface area contributed by atoms with Crippen molar-refractivity contribution in [2.75, 3.05) is 19.8 Å². The maximum Gasteiger partial charge on any atom is 0.306 e. The number of hydrogen-bond acceptors (Lipinski definition) is 5. The summed E-state index contributed by atoms with van der Waals surface area (Å²) in [6.07, 6.45) is 49.7. The highest BCUT2D eigenvalue weighted by Gasteiger charge is 2.17. The van der Waals surface area contributed by atoms with Gasteiger partial charge in [-0.3, -0.25) is 9.59 Å². The fourth-order valence-corrected chi connectivity index (χ4v) is 7.45. The lowest BCUT2D eigenvalue weighted by Gasteiger charge is -2.18. The Kier molecular flexibility index (Phi) is 45.3. The van der Waals surface area contributed by atoms with E-state index in [4.69, 9.17) is 14.2 Å². The van der Waals surface area contributed by atoms with Crippen LogP contribution in [0.3, 0.4) is 0 Å². The van der Waals surface area contributed by atoms with Gasteiger partial charge in [-0.1, -0.05) is 245 Å². The SMILES string of the molecule is CCCCCCCCCCCCCCCCCCCC(=O)OCC(COCCCCCCCCCCCCCCCC)OC(=O)CCCCCCCCC. The van der Waals surface area contributed by atoms with Crippen LogP contribution >= 0.6 is 0 Å². The summed E-state index contributed by atoms with van der Waals surface area (Å²) in [5, 5.41) is 0. The molecule has 0 aromatic rings. The van der Waals surface area contributed by atoms with Gasteiger partial charge < -0.3 is 14.2 Å². The zero-order chi connectivity index (χ0) is 39.3. The molecule has 0 saturated heterocycles. The first-order valence-corrected chi connectivity index (χ1v) is 24.6. The minimum atomic E-state index is -0.520. The Balaban J connectivity index is 4.05. The summed E-state index contributed by atoms with van der Waals surface area (Å²) in [5.74, 6) is -0.381. The van der Waals surface area contributed by atoms with E-state index in [1.54, 1.807) is 0 Å². The van der Waals surface area contributed by atoms with Crippen LogP contribution in [-0.4, -0.2) is 37.9 Å². The van der Waals surface area contributed by atoms with Crippen molar-refractivity contribution in [3.05, 3.63) is 0 Å². The van der Waals surface area contributed by atoms with Crippen LogP contribution in [0.5, 0.6) is 0 Å². The summed E-state index contributed by atoms with van der Waals surface area (Å²) in [7, 11) is 0. The molecule has 0 amide bonds. The average Bonchev–Trinajstić information content (AvgIpc) is 3.17. The van der Waals surface area contributed by atoms with Crippen LogP contribution in [0.15, 0.2) is 0 Å². The quantitative estimate of drug-likeness (QED) is 0.0456. The van der Waals surface area contributed by atoms with Crippen LogP contribution in [0.4, 0.5) is 0 Å². The fraction of sp³-hybridized carbons (Fsp3) is 0.959. The molecule has 0 N–H and O–H groups in total. The molecule has 0 aliphatic carbocycles. The van der Waals surface area contributed by atoms with Gasteiger partial charge in [0.1, 0.15) is 6.61 Å². The van der Waals surface area contributed by atoms with Crippen LogP contribution in [0, 0.1) is 0 Å². The van der Waals surface area contributed by atoms with Gasteiger partial charge in [0.05, 0.1) is 6.61 Å². The molecule has 5 heteroatoms. The molecule has 0 aliphatic heterocycles. The molecule has 0 fully saturated rings. The van der Waals surface area contributed by atoms with E-state index in [0.29, 0.717) is 26.1 Å². The summed E-state index contributed by atoms with van der Waals surface area (Å²) in [6.45, 7) is 7.86. The van der Waals surface area contributed by atoms with Crippen molar-refractivity contribution in [1.82, 2.24) is 0 Å². The predicted octanol–water partition coefficient (Wildman–Crippen LogP) is 16.1. The molecule has 0 heterocycles. The van der Waals surface area contributed by atoms with Gasteiger partial charge in [0, 0.05) is 19.4 Å². The average molecular weight is 765 g/mol. The third-order valence-electron chi connectivity index (χ3n) is 11.1. The molecule has 0 rings (SSSR count). The van der Waals surface area contributed by atoms with Gasteiger partial charge in [0.15, 0.2) is 6.10 Å². The second-order valence-corrected chi connectivity index (χ2v) is 16.7. The molecule has 0 bridgehead atoms. The van der Waals surface area contributed by atoms with E-state index in [0.717, 1.165) is 32.1 Å². The van der Waals surface area contributed by atoms with Crippen LogP contribution in [0.1, 0.15) is 278 Å². The van der Waals surface area contributed by atoms with E-state index in [-0.39, 0.29) is 18.5 Å². The van der Waals surface area contributed by atoms with Crippen molar-refractivity contribution in [3.63, 3.8) is 0 Å². The first kappa shape index (κ1) is 52.9. The number of esters is 2. The van der Waals surface area contributed by atoms with Crippen LogP contribution < -0.4 is 0 Å². The third-order valence-corrected chi connectivity index (χ3v) is 11.1. The van der Waals surface area contributed by atoms with Crippen LogP contribution in [0.25, 0.3) is 0 Å². The Morgan fingerprint density at radius 1 is 0.333 bits per heavy atom. The molecule has 1 unspecified atom stereocenters. The normalized spacial score (nSPS) is 12.0. The van der Waals surface area contributed by atoms with E-state index < -0.39 is 6.10 Å². The van der Waals surface area contributed by atoms with Crippen molar-refractivity contribution >= 4 is 11.9 Å². The monoisotopic (exact) mass is 765 g/mol. The van der Waals surface area contributed by atoms with Gasteiger partial charge in [-0.2, -0.15) is 0 Å². The van der Waals surface area contributed by atoms with Gasteiger partial charge in [-0.05, 0) is 19.3 Å². The molecule has 0 radical (unpaired) electrons. The summed E-state index contributed by atoms with van der Waals surface area (Å²) >= 11 is 0. The second-order valence-electron chi connectivity index (χ2n) is 16.7. The minimum absolute atomic E-state index is 0.0965. The Hall–Kier alpha value is -1.10. The first-order valence-electron chi connectivity index (χ1n) is 24.6. The van der Waals surface area contributed by atoms with Crippen molar-refractivity contribution < 1.29 is 23.8 Å². The fourth-order valence-electron chi connectivity index (χ4n) is 7.45. The maximum atomic E-state index is 12.6. The smallest absolute Gasteiger partial charge is 0.306 e. The van der Waals surface area contributed by atoms with E-state index in [2.05, 4.69) is 20.8 Å². The zero-order valence-electron chi connectivity index (χ0n) is 37.0. The molecule has 54 heavy (non-hydrogen) atoms. The largest absolute Gasteiger partial charge is 0.462 e. The molecule has 0 saturated carbocycles. The van der Waals surface area contributed by atoms with Crippen molar-refractivity contribution in [3.8, 4) is 0 Å². The summed E-state index contributed by atoms with van der Waals surface area (Å²) in [4.78, 5) is 25.2. The molecule has 322 valence electrons. The number of rotatable bonds is 46. The predicted molar refractivity (Wildman–Crippen MR) is 233 cm³/mol. The van der Waals surface area contributed by atoms with Gasteiger partial charge in [0.25, 0.3) is 0 Å². The van der Waals surface area contributed by atoms with Gasteiger partial charge in [-0.25, -0.2) is 0 Å². The van der Waals surface area contributed by atoms with Gasteiger partial charge >= 0.3 is 11.9 Å². The summed E-state index contributed by atoms with van der Waals surface area (Å²) in [5.41, 5.74) is 0. The number of ether oxygens (including phenoxy) is 3. The molecule has 0 aromatic carbocycles. The Morgan fingerprint density at radius 2 is 0.611 bits per heavy atom. The molecule has 5 nitrogen and oxygen atoms in total. The number of unbranched alkanes of at least 4 members (excludes halogenated alkanes) is 35. The Labute approximate surface area is 338 Å². The van der Waals surface area contributed by atoms with Crippen molar-refractivity contribution in [2.24, 2.45) is 0 Å². The minimum Gasteiger partial charge on any atom is -0.462 e. The Morgan fingerprint density at radius 3 is 0.944 bits per heavy atom. The lowest BCUT2D eigenvalue weighted by Crippen LogP contribution is -2.30. The highest BCUT2D eigenvalue weighted by atomic mass is 16.6. The number of hydrogen-bond donors (Lipinski definition) is 0.